The molecule has 0 saturated carbocycles. The third-order valence-electron chi connectivity index (χ3n) is 6.80. The number of aromatic hydroxyl groups is 1. The van der Waals surface area contributed by atoms with Gasteiger partial charge in [-0.1, -0.05) is 12.1 Å². The number of carbonyl (C=O) groups excluding carboxylic acids is 1. The van der Waals surface area contributed by atoms with Crippen molar-refractivity contribution in [3.05, 3.63) is 35.4 Å². The lowest BCUT2D eigenvalue weighted by Crippen LogP contribution is -2.69. The van der Waals surface area contributed by atoms with Crippen molar-refractivity contribution in [3.63, 3.8) is 0 Å². The van der Waals surface area contributed by atoms with E-state index in [4.69, 9.17) is 4.74 Å². The highest BCUT2D eigenvalue weighted by Crippen LogP contribution is 2.63. The topological polar surface area (TPSA) is 79.2 Å². The molecule has 146 valence electrons. The van der Waals surface area contributed by atoms with Crippen LogP contribution in [0.4, 0.5) is 0 Å². The van der Waals surface area contributed by atoms with Crippen molar-refractivity contribution in [2.24, 2.45) is 5.92 Å². The molecule has 4 aliphatic rings. The minimum Gasteiger partial charge on any atom is -0.504 e. The highest BCUT2D eigenvalue weighted by molar-refractivity contribution is 5.89. The van der Waals surface area contributed by atoms with E-state index >= 15 is 0 Å². The van der Waals surface area contributed by atoms with Crippen LogP contribution in [-0.4, -0.2) is 66.5 Å². The van der Waals surface area contributed by atoms with Gasteiger partial charge in [0, 0.05) is 37.2 Å². The van der Waals surface area contributed by atoms with Gasteiger partial charge in [0.25, 0.3) is 0 Å². The average Bonchev–Trinajstić information content (AvgIpc) is 2.98. The van der Waals surface area contributed by atoms with Crippen LogP contribution in [0.1, 0.15) is 24.5 Å². The lowest BCUT2D eigenvalue weighted by molar-refractivity contribution is -0.148. The number of piperidine rings is 1. The highest BCUT2D eigenvalue weighted by Gasteiger charge is 2.68. The number of methoxy groups -OCH3 is 1. The number of hydrogen-bond donors (Lipinski definition) is 2. The van der Waals surface area contributed by atoms with Gasteiger partial charge >= 0.3 is 0 Å². The number of ether oxygens (including phenoxy) is 2. The monoisotopic (exact) mass is 373 g/mol. The molecule has 2 N–H and O–H groups in total. The van der Waals surface area contributed by atoms with Crippen LogP contribution in [-0.2, 0) is 21.4 Å². The molecular formula is C21H27NO5. The standard InChI is InChI=1S/C19H21NO4.C2H6O/c1-10(21)19(23)6-5-12-13-9-11-3-4-14(22)16-15(11)18(12,17(19)24-16)7-8-20(13)2;1-3-2/h3-6,12-13,17,22-23H,7-9H2,1-2H3;1-2H3/t12-,13+,17+,18-,19+;/m0./s1. The zero-order valence-corrected chi connectivity index (χ0v) is 16.2. The van der Waals surface area contributed by atoms with Crippen LogP contribution in [0.2, 0.25) is 0 Å². The smallest absolute Gasteiger partial charge is 0.178 e. The Morgan fingerprint density at radius 2 is 2.07 bits per heavy atom. The summed E-state index contributed by atoms with van der Waals surface area (Å²) in [6.45, 7) is 2.29. The predicted octanol–water partition coefficient (Wildman–Crippen LogP) is 1.42. The number of likely N-dealkylation sites (tertiary alicyclic amines) is 1. The number of rotatable bonds is 1. The van der Waals surface area contributed by atoms with E-state index in [-0.39, 0.29) is 17.5 Å². The first kappa shape index (κ1) is 18.5. The molecule has 1 aromatic carbocycles. The predicted molar refractivity (Wildman–Crippen MR) is 100 cm³/mol. The molecule has 1 fully saturated rings. The Bertz CT molecular complexity index is 821. The quantitative estimate of drug-likeness (QED) is 0.725. The van der Waals surface area contributed by atoms with Gasteiger partial charge in [-0.05, 0) is 51.1 Å². The van der Waals surface area contributed by atoms with Crippen LogP contribution in [0.3, 0.4) is 0 Å². The summed E-state index contributed by atoms with van der Waals surface area (Å²) in [5.74, 6) is 0.427. The van der Waals surface area contributed by atoms with Gasteiger partial charge in [-0.2, -0.15) is 0 Å². The SMILES string of the molecule is CC(=O)[C@]1(O)C=C[C@H]2[C@H]3Cc4ccc(O)c5c4[C@@]2(CCN3C)[C@H]1O5.COC. The number of benzene rings is 1. The maximum Gasteiger partial charge on any atom is 0.178 e. The first-order valence-electron chi connectivity index (χ1n) is 9.36. The Labute approximate surface area is 159 Å². The Kier molecular flexibility index (Phi) is 4.14. The molecule has 2 aliphatic heterocycles. The van der Waals surface area contributed by atoms with Gasteiger partial charge in [-0.3, -0.25) is 4.79 Å². The van der Waals surface area contributed by atoms with Crippen molar-refractivity contribution >= 4 is 5.78 Å². The summed E-state index contributed by atoms with van der Waals surface area (Å²) in [5, 5.41) is 21.5. The second-order valence-corrected chi connectivity index (χ2v) is 8.16. The van der Waals surface area contributed by atoms with E-state index in [9.17, 15) is 15.0 Å². The number of Topliss-reactive ketones (excluding diaryl/α,β-unsaturated/α-hetero) is 1. The number of carbonyl (C=O) groups is 1. The van der Waals surface area contributed by atoms with Gasteiger partial charge in [0.15, 0.2) is 22.9 Å². The molecule has 6 nitrogen and oxygen atoms in total. The van der Waals surface area contributed by atoms with Gasteiger partial charge in [0.05, 0.1) is 0 Å². The number of ketones is 1. The van der Waals surface area contributed by atoms with Crippen molar-refractivity contribution in [1.82, 2.24) is 4.90 Å². The van der Waals surface area contributed by atoms with E-state index in [2.05, 4.69) is 16.7 Å². The molecule has 0 amide bonds. The molecule has 1 aromatic rings. The Morgan fingerprint density at radius 1 is 1.37 bits per heavy atom. The van der Waals surface area contributed by atoms with E-state index in [0.717, 1.165) is 24.9 Å². The molecule has 2 aliphatic carbocycles. The molecule has 27 heavy (non-hydrogen) atoms. The summed E-state index contributed by atoms with van der Waals surface area (Å²) in [6, 6.07) is 3.95. The molecule has 0 radical (unpaired) electrons. The number of hydrogen-bond acceptors (Lipinski definition) is 6. The van der Waals surface area contributed by atoms with Crippen molar-refractivity contribution in [2.75, 3.05) is 27.8 Å². The molecule has 1 saturated heterocycles. The number of aliphatic hydroxyl groups is 1. The molecule has 0 aromatic heterocycles. The van der Waals surface area contributed by atoms with Crippen molar-refractivity contribution in [3.8, 4) is 11.5 Å². The van der Waals surface area contributed by atoms with Gasteiger partial charge in [0.1, 0.15) is 6.10 Å². The van der Waals surface area contributed by atoms with E-state index in [1.807, 2.05) is 12.1 Å². The number of likely N-dealkylation sites (N-methyl/N-ethyl adjacent to an activating group) is 1. The van der Waals surface area contributed by atoms with Gasteiger partial charge in [0.2, 0.25) is 0 Å². The largest absolute Gasteiger partial charge is 0.504 e. The van der Waals surface area contributed by atoms with E-state index in [1.165, 1.54) is 12.5 Å². The normalized spacial score (nSPS) is 37.7. The van der Waals surface area contributed by atoms with Crippen LogP contribution in [0.25, 0.3) is 0 Å². The third-order valence-corrected chi connectivity index (χ3v) is 6.80. The zero-order chi connectivity index (χ0) is 19.6. The first-order valence-corrected chi connectivity index (χ1v) is 9.36. The van der Waals surface area contributed by atoms with Crippen LogP contribution in [0, 0.1) is 5.92 Å². The first-order chi connectivity index (χ1) is 12.8. The third kappa shape index (κ3) is 2.21. The lowest BCUT2D eigenvalue weighted by atomic mass is 9.51. The average molecular weight is 373 g/mol. The minimum atomic E-state index is -1.64. The molecule has 6 heteroatoms. The maximum atomic E-state index is 12.3. The summed E-state index contributed by atoms with van der Waals surface area (Å²) >= 11 is 0. The molecule has 1 spiro atoms. The zero-order valence-electron chi connectivity index (χ0n) is 16.2. The molecule has 2 bridgehead atoms. The van der Waals surface area contributed by atoms with E-state index in [0.29, 0.717) is 11.8 Å². The van der Waals surface area contributed by atoms with Gasteiger partial charge in [-0.15, -0.1) is 0 Å². The van der Waals surface area contributed by atoms with Crippen LogP contribution in [0.15, 0.2) is 24.3 Å². The summed E-state index contributed by atoms with van der Waals surface area (Å²) in [7, 11) is 5.38. The van der Waals surface area contributed by atoms with Crippen LogP contribution < -0.4 is 4.74 Å². The lowest BCUT2D eigenvalue weighted by Gasteiger charge is -2.58. The second kappa shape index (κ2) is 6.06. The second-order valence-electron chi connectivity index (χ2n) is 8.16. The summed E-state index contributed by atoms with van der Waals surface area (Å²) < 4.78 is 10.4. The fraction of sp³-hybridized carbons (Fsp3) is 0.571. The summed E-state index contributed by atoms with van der Waals surface area (Å²) in [6.07, 6.45) is 4.67. The van der Waals surface area contributed by atoms with Crippen LogP contribution >= 0.6 is 0 Å². The van der Waals surface area contributed by atoms with Gasteiger partial charge < -0.3 is 24.6 Å². The Morgan fingerprint density at radius 3 is 2.74 bits per heavy atom. The maximum absolute atomic E-state index is 12.3. The molecule has 5 atom stereocenters. The van der Waals surface area contributed by atoms with Crippen molar-refractivity contribution in [1.29, 1.82) is 0 Å². The van der Waals surface area contributed by atoms with Crippen LogP contribution in [0.5, 0.6) is 11.5 Å². The molecule has 2 heterocycles. The fourth-order valence-electron chi connectivity index (χ4n) is 5.61. The Hall–Kier alpha value is -1.89. The Balaban J connectivity index is 0.000000565. The van der Waals surface area contributed by atoms with E-state index < -0.39 is 17.1 Å². The fourth-order valence-corrected chi connectivity index (χ4v) is 5.61. The highest BCUT2D eigenvalue weighted by atomic mass is 16.5. The molecule has 0 unspecified atom stereocenters. The molecule has 5 rings (SSSR count). The minimum absolute atomic E-state index is 0.0968. The summed E-state index contributed by atoms with van der Waals surface area (Å²) in [5.41, 5.74) is 0.107. The summed E-state index contributed by atoms with van der Waals surface area (Å²) in [4.78, 5) is 14.6. The number of nitrogens with zero attached hydrogens (tertiary/aromatic N) is 1. The van der Waals surface area contributed by atoms with Crippen molar-refractivity contribution in [2.45, 2.75) is 42.9 Å². The number of phenols is 1. The van der Waals surface area contributed by atoms with Crippen molar-refractivity contribution < 1.29 is 24.5 Å². The van der Waals surface area contributed by atoms with E-state index in [1.54, 1.807) is 26.4 Å². The molecular weight excluding hydrogens is 346 g/mol. The van der Waals surface area contributed by atoms with Gasteiger partial charge in [-0.25, -0.2) is 0 Å². The number of phenolic OH excluding ortho intramolecular Hbond substituents is 1.